The van der Waals surface area contributed by atoms with Gasteiger partial charge in [-0.05, 0) is 20.1 Å². The van der Waals surface area contributed by atoms with Crippen LogP contribution in [-0.2, 0) is 0 Å². The van der Waals surface area contributed by atoms with Crippen molar-refractivity contribution in [1.29, 1.82) is 0 Å². The van der Waals surface area contributed by atoms with Crippen molar-refractivity contribution in [2.75, 3.05) is 23.9 Å². The number of rotatable bonds is 6. The van der Waals surface area contributed by atoms with Crippen LogP contribution in [0.5, 0.6) is 5.88 Å². The van der Waals surface area contributed by atoms with Crippen LogP contribution in [0.3, 0.4) is 0 Å². The highest BCUT2D eigenvalue weighted by Gasteiger charge is 2.01. The minimum atomic E-state index is 0.138. The van der Waals surface area contributed by atoms with Crippen LogP contribution in [0.2, 0.25) is 0 Å². The second kappa shape index (κ2) is 6.50. The molecule has 0 spiro atoms. The van der Waals surface area contributed by atoms with E-state index in [0.717, 1.165) is 18.1 Å². The van der Waals surface area contributed by atoms with Gasteiger partial charge in [0.2, 0.25) is 5.88 Å². The number of aromatic nitrogens is 2. The highest BCUT2D eigenvalue weighted by atomic mass is 32.2. The summed E-state index contributed by atoms with van der Waals surface area (Å²) in [5.74, 6) is 2.49. The lowest BCUT2D eigenvalue weighted by Gasteiger charge is -2.09. The van der Waals surface area contributed by atoms with Gasteiger partial charge in [-0.1, -0.05) is 0 Å². The van der Waals surface area contributed by atoms with Crippen molar-refractivity contribution < 1.29 is 4.74 Å². The summed E-state index contributed by atoms with van der Waals surface area (Å²) in [7, 11) is 0. The van der Waals surface area contributed by atoms with Crippen molar-refractivity contribution in [3.05, 3.63) is 12.4 Å². The highest BCUT2D eigenvalue weighted by molar-refractivity contribution is 7.98. The van der Waals surface area contributed by atoms with Crippen LogP contribution in [0.1, 0.15) is 13.8 Å². The van der Waals surface area contributed by atoms with Crippen molar-refractivity contribution in [2.24, 2.45) is 0 Å². The molecule has 0 unspecified atom stereocenters. The molecule has 0 atom stereocenters. The van der Waals surface area contributed by atoms with E-state index >= 15 is 0 Å². The van der Waals surface area contributed by atoms with Crippen LogP contribution < -0.4 is 10.1 Å². The standard InChI is InChI=1S/C10H17N3OS/c1-8(2)14-10-6-9(12-7-13-10)11-4-5-15-3/h6-8H,4-5H2,1-3H3,(H,11,12,13). The molecule has 84 valence electrons. The monoisotopic (exact) mass is 227 g/mol. The van der Waals surface area contributed by atoms with Gasteiger partial charge in [0.25, 0.3) is 0 Å². The molecule has 5 heteroatoms. The summed E-state index contributed by atoms with van der Waals surface area (Å²) in [5.41, 5.74) is 0. The maximum atomic E-state index is 5.46. The Labute approximate surface area is 94.8 Å². The first-order valence-electron chi connectivity index (χ1n) is 4.94. The fourth-order valence-electron chi connectivity index (χ4n) is 1.02. The molecule has 0 bridgehead atoms. The number of nitrogens with one attached hydrogen (secondary N) is 1. The zero-order valence-corrected chi connectivity index (χ0v) is 10.2. The maximum Gasteiger partial charge on any atom is 0.218 e. The fourth-order valence-corrected chi connectivity index (χ4v) is 1.33. The van der Waals surface area contributed by atoms with Crippen LogP contribution in [0.25, 0.3) is 0 Å². The van der Waals surface area contributed by atoms with Crippen molar-refractivity contribution in [3.63, 3.8) is 0 Å². The van der Waals surface area contributed by atoms with Gasteiger partial charge in [0.1, 0.15) is 12.1 Å². The molecular weight excluding hydrogens is 210 g/mol. The summed E-state index contributed by atoms with van der Waals surface area (Å²) >= 11 is 1.80. The first-order chi connectivity index (χ1) is 7.22. The third-order valence-electron chi connectivity index (χ3n) is 1.61. The third kappa shape index (κ3) is 4.88. The van der Waals surface area contributed by atoms with E-state index in [9.17, 15) is 0 Å². The number of hydrogen-bond acceptors (Lipinski definition) is 5. The average Bonchev–Trinajstić information content (AvgIpc) is 2.18. The summed E-state index contributed by atoms with van der Waals surface area (Å²) in [6.45, 7) is 4.85. The zero-order valence-electron chi connectivity index (χ0n) is 9.36. The van der Waals surface area contributed by atoms with E-state index in [2.05, 4.69) is 21.5 Å². The maximum absolute atomic E-state index is 5.46. The molecule has 1 heterocycles. The lowest BCUT2D eigenvalue weighted by atomic mass is 10.5. The quantitative estimate of drug-likeness (QED) is 0.754. The molecule has 0 fully saturated rings. The zero-order chi connectivity index (χ0) is 11.1. The van der Waals surface area contributed by atoms with E-state index < -0.39 is 0 Å². The first-order valence-corrected chi connectivity index (χ1v) is 6.33. The normalized spacial score (nSPS) is 10.4. The van der Waals surface area contributed by atoms with Crippen LogP contribution in [0.4, 0.5) is 5.82 Å². The Morgan fingerprint density at radius 1 is 1.47 bits per heavy atom. The second-order valence-corrected chi connectivity index (χ2v) is 4.31. The lowest BCUT2D eigenvalue weighted by Crippen LogP contribution is -2.09. The molecule has 4 nitrogen and oxygen atoms in total. The van der Waals surface area contributed by atoms with E-state index in [1.165, 1.54) is 6.33 Å². The Balaban J connectivity index is 2.50. The summed E-state index contributed by atoms with van der Waals surface area (Å²) in [5, 5.41) is 3.21. The predicted octanol–water partition coefficient (Wildman–Crippen LogP) is 2.04. The van der Waals surface area contributed by atoms with E-state index in [4.69, 9.17) is 4.74 Å². The Kier molecular flexibility index (Phi) is 5.25. The van der Waals surface area contributed by atoms with Gasteiger partial charge in [-0.3, -0.25) is 0 Å². The Morgan fingerprint density at radius 2 is 2.27 bits per heavy atom. The number of nitrogens with zero attached hydrogens (tertiary/aromatic N) is 2. The van der Waals surface area contributed by atoms with Crippen LogP contribution in [-0.4, -0.2) is 34.6 Å². The smallest absolute Gasteiger partial charge is 0.218 e. The molecule has 1 aromatic heterocycles. The van der Waals surface area contributed by atoms with Gasteiger partial charge in [0.05, 0.1) is 6.10 Å². The van der Waals surface area contributed by atoms with Gasteiger partial charge in [-0.15, -0.1) is 0 Å². The van der Waals surface area contributed by atoms with E-state index in [1.807, 2.05) is 19.9 Å². The van der Waals surface area contributed by atoms with Gasteiger partial charge in [0, 0.05) is 18.4 Å². The Hall–Kier alpha value is -0.970. The van der Waals surface area contributed by atoms with Crippen LogP contribution >= 0.6 is 11.8 Å². The minimum absolute atomic E-state index is 0.138. The molecule has 0 saturated carbocycles. The molecule has 15 heavy (non-hydrogen) atoms. The third-order valence-corrected chi connectivity index (χ3v) is 2.22. The average molecular weight is 227 g/mol. The summed E-state index contributed by atoms with van der Waals surface area (Å²) in [6, 6.07) is 1.82. The number of thioether (sulfide) groups is 1. The van der Waals surface area contributed by atoms with E-state index in [-0.39, 0.29) is 6.10 Å². The topological polar surface area (TPSA) is 47.0 Å². The number of anilines is 1. The van der Waals surface area contributed by atoms with Crippen molar-refractivity contribution in [2.45, 2.75) is 20.0 Å². The summed E-state index contributed by atoms with van der Waals surface area (Å²) < 4.78 is 5.46. The fraction of sp³-hybridized carbons (Fsp3) is 0.600. The molecule has 0 amide bonds. The van der Waals surface area contributed by atoms with Crippen molar-refractivity contribution in [1.82, 2.24) is 9.97 Å². The molecule has 0 radical (unpaired) electrons. The van der Waals surface area contributed by atoms with Gasteiger partial charge >= 0.3 is 0 Å². The Morgan fingerprint density at radius 3 is 2.93 bits per heavy atom. The first kappa shape index (κ1) is 12.1. The molecule has 0 aliphatic rings. The Bertz CT molecular complexity index is 294. The molecule has 1 N–H and O–H groups in total. The summed E-state index contributed by atoms with van der Waals surface area (Å²) in [4.78, 5) is 8.14. The van der Waals surface area contributed by atoms with Crippen LogP contribution in [0.15, 0.2) is 12.4 Å². The van der Waals surface area contributed by atoms with Crippen LogP contribution in [0, 0.1) is 0 Å². The molecular formula is C10H17N3OS. The molecule has 1 rings (SSSR count). The predicted molar refractivity (Wildman–Crippen MR) is 64.7 cm³/mol. The largest absolute Gasteiger partial charge is 0.475 e. The number of ether oxygens (including phenoxy) is 1. The highest BCUT2D eigenvalue weighted by Crippen LogP contribution is 2.12. The molecule has 0 aliphatic heterocycles. The molecule has 0 aliphatic carbocycles. The van der Waals surface area contributed by atoms with Gasteiger partial charge in [0.15, 0.2) is 0 Å². The van der Waals surface area contributed by atoms with Gasteiger partial charge < -0.3 is 10.1 Å². The van der Waals surface area contributed by atoms with Crippen molar-refractivity contribution >= 4 is 17.6 Å². The van der Waals surface area contributed by atoms with E-state index in [0.29, 0.717) is 5.88 Å². The lowest BCUT2D eigenvalue weighted by molar-refractivity contribution is 0.232. The SMILES string of the molecule is CSCCNc1cc(OC(C)C)ncn1. The second-order valence-electron chi connectivity index (χ2n) is 3.33. The van der Waals surface area contributed by atoms with Gasteiger partial charge in [-0.2, -0.15) is 11.8 Å². The molecule has 0 saturated heterocycles. The van der Waals surface area contributed by atoms with Gasteiger partial charge in [-0.25, -0.2) is 9.97 Å². The van der Waals surface area contributed by atoms with Crippen molar-refractivity contribution in [3.8, 4) is 5.88 Å². The number of hydrogen-bond donors (Lipinski definition) is 1. The summed E-state index contributed by atoms with van der Waals surface area (Å²) in [6.07, 6.45) is 3.73. The van der Waals surface area contributed by atoms with E-state index in [1.54, 1.807) is 11.8 Å². The molecule has 0 aromatic carbocycles. The minimum Gasteiger partial charge on any atom is -0.475 e. The molecule has 1 aromatic rings.